The molecule has 18 heavy (non-hydrogen) atoms. The van der Waals surface area contributed by atoms with E-state index in [1.54, 1.807) is 28.5 Å². The van der Waals surface area contributed by atoms with E-state index in [0.29, 0.717) is 6.42 Å². The number of hydrogen-bond donors (Lipinski definition) is 0. The maximum Gasteiger partial charge on any atom is 0.227 e. The van der Waals surface area contributed by atoms with Crippen LogP contribution in [0.1, 0.15) is 18.0 Å². The lowest BCUT2D eigenvalue weighted by molar-refractivity contribution is -0.129. The summed E-state index contributed by atoms with van der Waals surface area (Å²) in [5.41, 5.74) is 1.10. The minimum atomic E-state index is 0.197. The van der Waals surface area contributed by atoms with Crippen LogP contribution in [0.15, 0.2) is 29.2 Å². The van der Waals surface area contributed by atoms with Crippen LogP contribution in [0.3, 0.4) is 0 Å². The summed E-state index contributed by atoms with van der Waals surface area (Å²) in [6.45, 7) is 1.52. The second kappa shape index (κ2) is 4.89. The van der Waals surface area contributed by atoms with E-state index in [9.17, 15) is 4.79 Å². The number of likely N-dealkylation sites (tertiary alicyclic amines) is 1. The van der Waals surface area contributed by atoms with Gasteiger partial charge < -0.3 is 4.90 Å². The summed E-state index contributed by atoms with van der Waals surface area (Å²) < 4.78 is 0. The van der Waals surface area contributed by atoms with Gasteiger partial charge in [-0.2, -0.15) is 26.3 Å². The van der Waals surface area contributed by atoms with Crippen LogP contribution in [0.5, 0.6) is 0 Å². The van der Waals surface area contributed by atoms with E-state index in [1.165, 1.54) is 0 Å². The number of aromatic nitrogens is 3. The predicted octanol–water partition coefficient (Wildman–Crippen LogP) is 1.36. The van der Waals surface area contributed by atoms with Gasteiger partial charge in [0.15, 0.2) is 0 Å². The molecule has 0 saturated carbocycles. The van der Waals surface area contributed by atoms with Crippen LogP contribution in [0, 0.1) is 0 Å². The summed E-state index contributed by atoms with van der Waals surface area (Å²) in [7, 11) is 0. The standard InChI is InChI=1S/C12H14N4OS/c17-12(7-10-2-6-18-9-10)15-5-1-11(8-15)16-13-3-4-14-16/h2-4,6,9,11H,1,5,7-8H2. The highest BCUT2D eigenvalue weighted by atomic mass is 32.1. The third kappa shape index (κ3) is 2.28. The third-order valence-corrected chi connectivity index (χ3v) is 3.95. The Morgan fingerprint density at radius 3 is 3.00 bits per heavy atom. The fourth-order valence-corrected chi connectivity index (χ4v) is 2.92. The van der Waals surface area contributed by atoms with Crippen LogP contribution in [-0.2, 0) is 11.2 Å². The smallest absolute Gasteiger partial charge is 0.227 e. The monoisotopic (exact) mass is 262 g/mol. The zero-order valence-corrected chi connectivity index (χ0v) is 10.7. The van der Waals surface area contributed by atoms with Gasteiger partial charge in [-0.05, 0) is 28.8 Å². The lowest BCUT2D eigenvalue weighted by Crippen LogP contribution is -2.30. The lowest BCUT2D eigenvalue weighted by Gasteiger charge is -2.15. The molecule has 1 fully saturated rings. The molecule has 1 aliphatic rings. The van der Waals surface area contributed by atoms with Crippen molar-refractivity contribution in [2.75, 3.05) is 13.1 Å². The molecule has 3 heterocycles. The normalized spacial score (nSPS) is 19.3. The molecule has 5 nitrogen and oxygen atoms in total. The zero-order chi connectivity index (χ0) is 12.4. The minimum Gasteiger partial charge on any atom is -0.340 e. The molecule has 6 heteroatoms. The van der Waals surface area contributed by atoms with Crippen molar-refractivity contribution in [2.24, 2.45) is 0 Å². The molecular formula is C12H14N4OS. The van der Waals surface area contributed by atoms with Crippen LogP contribution in [0.4, 0.5) is 0 Å². The van der Waals surface area contributed by atoms with Gasteiger partial charge in [-0.3, -0.25) is 4.79 Å². The Labute approximate surface area is 109 Å². The maximum atomic E-state index is 12.1. The average Bonchev–Trinajstić information content (AvgIpc) is 3.11. The number of carbonyl (C=O) groups excluding carboxylic acids is 1. The number of amides is 1. The number of nitrogens with zero attached hydrogens (tertiary/aromatic N) is 4. The molecule has 0 aliphatic carbocycles. The summed E-state index contributed by atoms with van der Waals surface area (Å²) in [6.07, 6.45) is 4.79. The van der Waals surface area contributed by atoms with Gasteiger partial charge in [-0.15, -0.1) is 0 Å². The van der Waals surface area contributed by atoms with E-state index in [2.05, 4.69) is 10.2 Å². The Morgan fingerprint density at radius 1 is 1.44 bits per heavy atom. The van der Waals surface area contributed by atoms with Gasteiger partial charge in [0.05, 0.1) is 24.9 Å². The first-order valence-corrected chi connectivity index (χ1v) is 6.92. The molecule has 0 radical (unpaired) electrons. The number of hydrogen-bond acceptors (Lipinski definition) is 4. The summed E-state index contributed by atoms with van der Waals surface area (Å²) in [4.78, 5) is 15.7. The van der Waals surface area contributed by atoms with Gasteiger partial charge in [0.2, 0.25) is 5.91 Å². The average molecular weight is 262 g/mol. The fraction of sp³-hybridized carbons (Fsp3) is 0.417. The largest absolute Gasteiger partial charge is 0.340 e. The molecule has 2 aromatic heterocycles. The molecule has 0 spiro atoms. The van der Waals surface area contributed by atoms with Crippen LogP contribution >= 0.6 is 11.3 Å². The first-order valence-electron chi connectivity index (χ1n) is 5.97. The third-order valence-electron chi connectivity index (χ3n) is 3.21. The Bertz CT molecular complexity index is 508. The molecule has 0 N–H and O–H groups in total. The van der Waals surface area contributed by atoms with Crippen LogP contribution in [0.25, 0.3) is 0 Å². The Hall–Kier alpha value is -1.69. The highest BCUT2D eigenvalue weighted by molar-refractivity contribution is 7.07. The van der Waals surface area contributed by atoms with Crippen molar-refractivity contribution in [1.82, 2.24) is 19.9 Å². The molecule has 0 bridgehead atoms. The van der Waals surface area contributed by atoms with Crippen molar-refractivity contribution in [3.63, 3.8) is 0 Å². The molecule has 1 aliphatic heterocycles. The quantitative estimate of drug-likeness (QED) is 0.839. The van der Waals surface area contributed by atoms with Gasteiger partial charge in [0, 0.05) is 13.1 Å². The van der Waals surface area contributed by atoms with Crippen LogP contribution in [-0.4, -0.2) is 38.9 Å². The summed E-state index contributed by atoms with van der Waals surface area (Å²) in [6, 6.07) is 2.23. The van der Waals surface area contributed by atoms with E-state index in [1.807, 2.05) is 21.7 Å². The molecule has 1 atom stereocenters. The molecule has 0 aromatic carbocycles. The summed E-state index contributed by atoms with van der Waals surface area (Å²) >= 11 is 1.63. The number of carbonyl (C=O) groups is 1. The van der Waals surface area contributed by atoms with Gasteiger partial charge in [-0.25, -0.2) is 0 Å². The first-order chi connectivity index (χ1) is 8.83. The SMILES string of the molecule is O=C(Cc1ccsc1)N1CCC(n2nccn2)C1. The highest BCUT2D eigenvalue weighted by Gasteiger charge is 2.28. The highest BCUT2D eigenvalue weighted by Crippen LogP contribution is 2.20. The van der Waals surface area contributed by atoms with Gasteiger partial charge >= 0.3 is 0 Å². The van der Waals surface area contributed by atoms with Gasteiger partial charge in [-0.1, -0.05) is 0 Å². The lowest BCUT2D eigenvalue weighted by atomic mass is 10.2. The van der Waals surface area contributed by atoms with Crippen molar-refractivity contribution in [2.45, 2.75) is 18.9 Å². The molecule has 1 saturated heterocycles. The Morgan fingerprint density at radius 2 is 2.28 bits per heavy atom. The predicted molar refractivity (Wildman–Crippen MR) is 68.3 cm³/mol. The minimum absolute atomic E-state index is 0.197. The Kier molecular flexibility index (Phi) is 3.10. The van der Waals surface area contributed by atoms with Gasteiger partial charge in [0.1, 0.15) is 0 Å². The second-order valence-electron chi connectivity index (χ2n) is 4.44. The molecule has 2 aromatic rings. The molecule has 1 amide bonds. The van der Waals surface area contributed by atoms with E-state index in [0.717, 1.165) is 25.1 Å². The van der Waals surface area contributed by atoms with E-state index >= 15 is 0 Å². The summed E-state index contributed by atoms with van der Waals surface area (Å²) in [5, 5.41) is 12.3. The second-order valence-corrected chi connectivity index (χ2v) is 5.22. The van der Waals surface area contributed by atoms with Crippen molar-refractivity contribution in [1.29, 1.82) is 0 Å². The Balaban J connectivity index is 1.60. The topological polar surface area (TPSA) is 51.0 Å². The molecule has 1 unspecified atom stereocenters. The number of rotatable bonds is 3. The molecule has 94 valence electrons. The molecular weight excluding hydrogens is 248 g/mol. The zero-order valence-electron chi connectivity index (χ0n) is 9.90. The van der Waals surface area contributed by atoms with Crippen LogP contribution < -0.4 is 0 Å². The van der Waals surface area contributed by atoms with E-state index in [4.69, 9.17) is 0 Å². The van der Waals surface area contributed by atoms with Crippen molar-refractivity contribution < 1.29 is 4.79 Å². The van der Waals surface area contributed by atoms with E-state index in [-0.39, 0.29) is 11.9 Å². The number of thiophene rings is 1. The fourth-order valence-electron chi connectivity index (χ4n) is 2.25. The van der Waals surface area contributed by atoms with Gasteiger partial charge in [0.25, 0.3) is 0 Å². The van der Waals surface area contributed by atoms with E-state index < -0.39 is 0 Å². The maximum absolute atomic E-state index is 12.1. The first kappa shape index (κ1) is 11.4. The molecule has 3 rings (SSSR count). The van der Waals surface area contributed by atoms with Crippen molar-refractivity contribution >= 4 is 17.2 Å². The van der Waals surface area contributed by atoms with Crippen LogP contribution in [0.2, 0.25) is 0 Å². The van der Waals surface area contributed by atoms with Crippen molar-refractivity contribution in [3.05, 3.63) is 34.8 Å². The summed E-state index contributed by atoms with van der Waals surface area (Å²) in [5.74, 6) is 0.197. The van der Waals surface area contributed by atoms with Crippen molar-refractivity contribution in [3.8, 4) is 0 Å².